The van der Waals surface area contributed by atoms with E-state index in [1.807, 2.05) is 23.9 Å². The minimum atomic E-state index is -0.103. The highest BCUT2D eigenvalue weighted by Gasteiger charge is 2.13. The SMILES string of the molecule is CC(C)(C)SCCNC(=O)c1cccc2n[nH]nc12. The largest absolute Gasteiger partial charge is 0.351 e. The minimum absolute atomic E-state index is 0.103. The third-order valence-electron chi connectivity index (χ3n) is 2.51. The second-order valence-corrected chi connectivity index (χ2v) is 7.14. The van der Waals surface area contributed by atoms with E-state index in [1.165, 1.54) is 0 Å². The van der Waals surface area contributed by atoms with Gasteiger partial charge < -0.3 is 5.32 Å². The molecule has 1 aromatic carbocycles. The first-order chi connectivity index (χ1) is 8.97. The van der Waals surface area contributed by atoms with Crippen LogP contribution in [0.5, 0.6) is 0 Å². The summed E-state index contributed by atoms with van der Waals surface area (Å²) in [4.78, 5) is 12.1. The Morgan fingerprint density at radius 3 is 2.89 bits per heavy atom. The lowest BCUT2D eigenvalue weighted by Crippen LogP contribution is -2.27. The molecule has 2 N–H and O–H groups in total. The van der Waals surface area contributed by atoms with E-state index in [4.69, 9.17) is 0 Å². The van der Waals surface area contributed by atoms with Crippen molar-refractivity contribution < 1.29 is 4.79 Å². The molecule has 19 heavy (non-hydrogen) atoms. The van der Waals surface area contributed by atoms with Gasteiger partial charge in [0.25, 0.3) is 5.91 Å². The van der Waals surface area contributed by atoms with Crippen LogP contribution < -0.4 is 5.32 Å². The topological polar surface area (TPSA) is 70.7 Å². The fraction of sp³-hybridized carbons (Fsp3) is 0.462. The highest BCUT2D eigenvalue weighted by Crippen LogP contribution is 2.22. The monoisotopic (exact) mass is 278 g/mol. The number of carbonyl (C=O) groups is 1. The Hall–Kier alpha value is -1.56. The molecule has 5 nitrogen and oxygen atoms in total. The van der Waals surface area contributed by atoms with Crippen molar-refractivity contribution >= 4 is 28.7 Å². The predicted octanol–water partition coefficient (Wildman–Crippen LogP) is 2.22. The number of nitrogens with zero attached hydrogens (tertiary/aromatic N) is 2. The number of amides is 1. The molecule has 2 rings (SSSR count). The summed E-state index contributed by atoms with van der Waals surface area (Å²) in [5, 5.41) is 13.4. The van der Waals surface area contributed by atoms with E-state index >= 15 is 0 Å². The summed E-state index contributed by atoms with van der Waals surface area (Å²) in [6, 6.07) is 5.39. The minimum Gasteiger partial charge on any atom is -0.351 e. The number of aromatic nitrogens is 3. The second-order valence-electron chi connectivity index (χ2n) is 5.21. The summed E-state index contributed by atoms with van der Waals surface area (Å²) in [7, 11) is 0. The van der Waals surface area contributed by atoms with Crippen molar-refractivity contribution in [3.05, 3.63) is 23.8 Å². The van der Waals surface area contributed by atoms with Gasteiger partial charge >= 0.3 is 0 Å². The molecule has 1 aromatic heterocycles. The standard InChI is InChI=1S/C13H18N4OS/c1-13(2,3)19-8-7-14-12(18)9-5-4-6-10-11(9)16-17-15-10/h4-6H,7-8H2,1-3H3,(H,14,18)(H,15,16,17). The van der Waals surface area contributed by atoms with Gasteiger partial charge in [0.2, 0.25) is 0 Å². The first-order valence-corrected chi connectivity index (χ1v) is 7.17. The molecular formula is C13H18N4OS. The van der Waals surface area contributed by atoms with Crippen molar-refractivity contribution in [3.8, 4) is 0 Å². The molecule has 102 valence electrons. The van der Waals surface area contributed by atoms with Crippen LogP contribution in [0.4, 0.5) is 0 Å². The molecule has 0 aliphatic rings. The normalized spacial score (nSPS) is 11.7. The lowest BCUT2D eigenvalue weighted by molar-refractivity contribution is 0.0957. The lowest BCUT2D eigenvalue weighted by Gasteiger charge is -2.17. The number of hydrogen-bond donors (Lipinski definition) is 2. The molecule has 0 radical (unpaired) electrons. The van der Waals surface area contributed by atoms with E-state index in [0.717, 1.165) is 5.75 Å². The average Bonchev–Trinajstić information content (AvgIpc) is 2.81. The van der Waals surface area contributed by atoms with E-state index in [2.05, 4.69) is 41.5 Å². The van der Waals surface area contributed by atoms with Crippen molar-refractivity contribution in [2.45, 2.75) is 25.5 Å². The van der Waals surface area contributed by atoms with Crippen LogP contribution >= 0.6 is 11.8 Å². The van der Waals surface area contributed by atoms with Crippen LogP contribution in [0.3, 0.4) is 0 Å². The highest BCUT2D eigenvalue weighted by molar-refractivity contribution is 8.00. The Kier molecular flexibility index (Phi) is 4.09. The number of thioether (sulfide) groups is 1. The first kappa shape index (κ1) is 13.9. The average molecular weight is 278 g/mol. The van der Waals surface area contributed by atoms with Gasteiger partial charge in [-0.2, -0.15) is 27.2 Å². The van der Waals surface area contributed by atoms with Crippen LogP contribution in [0.25, 0.3) is 11.0 Å². The Labute approximate surface area is 116 Å². The van der Waals surface area contributed by atoms with Crippen molar-refractivity contribution in [1.82, 2.24) is 20.7 Å². The van der Waals surface area contributed by atoms with Gasteiger partial charge in [-0.3, -0.25) is 4.79 Å². The number of rotatable bonds is 4. The van der Waals surface area contributed by atoms with E-state index in [0.29, 0.717) is 23.1 Å². The maximum absolute atomic E-state index is 12.1. The number of aromatic amines is 1. The van der Waals surface area contributed by atoms with Crippen molar-refractivity contribution in [2.24, 2.45) is 0 Å². The fourth-order valence-electron chi connectivity index (χ4n) is 1.67. The number of hydrogen-bond acceptors (Lipinski definition) is 4. The van der Waals surface area contributed by atoms with Crippen LogP contribution in [0.1, 0.15) is 31.1 Å². The summed E-state index contributed by atoms with van der Waals surface area (Å²) in [6.45, 7) is 7.13. The number of carbonyl (C=O) groups excluding carboxylic acids is 1. The molecule has 2 aromatic rings. The third-order valence-corrected chi connectivity index (χ3v) is 3.79. The summed E-state index contributed by atoms with van der Waals surface area (Å²) in [6.07, 6.45) is 0. The van der Waals surface area contributed by atoms with Crippen LogP contribution in [0.2, 0.25) is 0 Å². The third kappa shape index (κ3) is 3.70. The van der Waals surface area contributed by atoms with E-state index in [1.54, 1.807) is 6.07 Å². The number of para-hydroxylation sites is 1. The second kappa shape index (κ2) is 5.61. The van der Waals surface area contributed by atoms with Crippen LogP contribution in [-0.2, 0) is 0 Å². The molecule has 0 atom stereocenters. The highest BCUT2D eigenvalue weighted by atomic mass is 32.2. The first-order valence-electron chi connectivity index (χ1n) is 6.19. The number of fused-ring (bicyclic) bond motifs is 1. The van der Waals surface area contributed by atoms with Crippen molar-refractivity contribution in [1.29, 1.82) is 0 Å². The van der Waals surface area contributed by atoms with Gasteiger partial charge in [-0.15, -0.1) is 0 Å². The number of H-pyrrole nitrogens is 1. The van der Waals surface area contributed by atoms with Crippen LogP contribution in [0, 0.1) is 0 Å². The molecule has 0 saturated heterocycles. The molecule has 1 amide bonds. The Morgan fingerprint density at radius 2 is 2.16 bits per heavy atom. The Balaban J connectivity index is 1.95. The maximum atomic E-state index is 12.1. The molecule has 6 heteroatoms. The van der Waals surface area contributed by atoms with Gasteiger partial charge in [0.05, 0.1) is 5.56 Å². The molecule has 0 aliphatic heterocycles. The van der Waals surface area contributed by atoms with Gasteiger partial charge in [0.1, 0.15) is 11.0 Å². The summed E-state index contributed by atoms with van der Waals surface area (Å²) >= 11 is 1.83. The zero-order chi connectivity index (χ0) is 13.9. The summed E-state index contributed by atoms with van der Waals surface area (Å²) in [5.74, 6) is 0.790. The zero-order valence-electron chi connectivity index (χ0n) is 11.4. The maximum Gasteiger partial charge on any atom is 0.253 e. The summed E-state index contributed by atoms with van der Waals surface area (Å²) in [5.41, 5.74) is 1.88. The number of nitrogens with one attached hydrogen (secondary N) is 2. The van der Waals surface area contributed by atoms with Crippen LogP contribution in [0.15, 0.2) is 18.2 Å². The molecule has 0 bridgehead atoms. The van der Waals surface area contributed by atoms with Gasteiger partial charge in [0.15, 0.2) is 0 Å². The molecule has 0 spiro atoms. The van der Waals surface area contributed by atoms with Gasteiger partial charge in [0, 0.05) is 17.0 Å². The lowest BCUT2D eigenvalue weighted by atomic mass is 10.1. The smallest absolute Gasteiger partial charge is 0.253 e. The molecule has 1 heterocycles. The molecule has 0 saturated carbocycles. The fourth-order valence-corrected chi connectivity index (χ4v) is 2.48. The van der Waals surface area contributed by atoms with Gasteiger partial charge in [-0.25, -0.2) is 0 Å². The van der Waals surface area contributed by atoms with Crippen LogP contribution in [-0.4, -0.2) is 38.4 Å². The molecule has 0 aliphatic carbocycles. The van der Waals surface area contributed by atoms with Gasteiger partial charge in [-0.05, 0) is 12.1 Å². The molecule has 0 unspecified atom stereocenters. The Morgan fingerprint density at radius 1 is 1.37 bits per heavy atom. The van der Waals surface area contributed by atoms with Crippen molar-refractivity contribution in [2.75, 3.05) is 12.3 Å². The Bertz CT molecular complexity index is 573. The molecular weight excluding hydrogens is 260 g/mol. The van der Waals surface area contributed by atoms with E-state index in [9.17, 15) is 4.79 Å². The van der Waals surface area contributed by atoms with E-state index in [-0.39, 0.29) is 10.7 Å². The van der Waals surface area contributed by atoms with Crippen molar-refractivity contribution in [3.63, 3.8) is 0 Å². The predicted molar refractivity (Wildman–Crippen MR) is 78.4 cm³/mol. The number of benzene rings is 1. The van der Waals surface area contributed by atoms with Gasteiger partial charge in [-0.1, -0.05) is 26.8 Å². The molecule has 0 fully saturated rings. The van der Waals surface area contributed by atoms with E-state index < -0.39 is 0 Å². The summed E-state index contributed by atoms with van der Waals surface area (Å²) < 4.78 is 0.219. The quantitative estimate of drug-likeness (QED) is 0.841. The zero-order valence-corrected chi connectivity index (χ0v) is 12.2.